The van der Waals surface area contributed by atoms with Gasteiger partial charge in [-0.3, -0.25) is 0 Å². The average molecular weight is 260 g/mol. The van der Waals surface area contributed by atoms with Crippen LogP contribution in [0.25, 0.3) is 0 Å². The van der Waals surface area contributed by atoms with Crippen molar-refractivity contribution < 1.29 is 0 Å². The van der Waals surface area contributed by atoms with Crippen LogP contribution in [-0.2, 0) is 6.42 Å². The molecule has 1 atom stereocenters. The van der Waals surface area contributed by atoms with Gasteiger partial charge in [0.25, 0.3) is 0 Å². The Kier molecular flexibility index (Phi) is 5.87. The van der Waals surface area contributed by atoms with Crippen LogP contribution < -0.4 is 5.73 Å². The zero-order valence-corrected chi connectivity index (χ0v) is 12.3. The van der Waals surface area contributed by atoms with E-state index in [0.29, 0.717) is 0 Å². The molecular weight excluding hydrogens is 232 g/mol. The average Bonchev–Trinajstić information content (AvgIpc) is 2.45. The van der Waals surface area contributed by atoms with Crippen LogP contribution in [0.3, 0.4) is 0 Å². The summed E-state index contributed by atoms with van der Waals surface area (Å²) >= 11 is 0. The van der Waals surface area contributed by atoms with Crippen LogP contribution in [0.15, 0.2) is 24.3 Å². The fourth-order valence-corrected chi connectivity index (χ4v) is 3.28. The van der Waals surface area contributed by atoms with E-state index in [9.17, 15) is 0 Å². The van der Waals surface area contributed by atoms with Crippen molar-refractivity contribution >= 4 is 0 Å². The molecule has 1 aromatic carbocycles. The van der Waals surface area contributed by atoms with Gasteiger partial charge in [-0.05, 0) is 68.8 Å². The first-order valence-electron chi connectivity index (χ1n) is 7.85. The molecular formula is C17H28N2. The number of benzene rings is 1. The van der Waals surface area contributed by atoms with Crippen molar-refractivity contribution in [2.45, 2.75) is 44.9 Å². The van der Waals surface area contributed by atoms with E-state index in [1.165, 1.54) is 38.8 Å². The predicted molar refractivity (Wildman–Crippen MR) is 82.5 cm³/mol. The Morgan fingerprint density at radius 2 is 2.11 bits per heavy atom. The van der Waals surface area contributed by atoms with Gasteiger partial charge in [-0.2, -0.15) is 0 Å². The van der Waals surface area contributed by atoms with Gasteiger partial charge in [-0.1, -0.05) is 31.2 Å². The van der Waals surface area contributed by atoms with E-state index in [4.69, 9.17) is 5.73 Å². The molecule has 0 saturated heterocycles. The zero-order valence-electron chi connectivity index (χ0n) is 12.3. The maximum absolute atomic E-state index is 5.66. The molecule has 0 fully saturated rings. The second kappa shape index (κ2) is 7.66. The van der Waals surface area contributed by atoms with Crippen molar-refractivity contribution in [3.63, 3.8) is 0 Å². The first-order chi connectivity index (χ1) is 9.35. The standard InChI is InChI=1S/C17H28N2/c1-2-12-19(13-6-11-18)14-16-9-5-8-15-7-3-4-10-17(15)16/h3-4,7,10,16H,2,5-6,8-9,11-14,18H2,1H3. The Balaban J connectivity index is 2.01. The molecule has 0 saturated carbocycles. The van der Waals surface area contributed by atoms with Crippen molar-refractivity contribution in [2.24, 2.45) is 5.73 Å². The molecule has 0 bridgehead atoms. The Labute approximate surface area is 118 Å². The molecule has 2 rings (SSSR count). The Morgan fingerprint density at radius 1 is 1.26 bits per heavy atom. The van der Waals surface area contributed by atoms with E-state index >= 15 is 0 Å². The molecule has 0 aliphatic heterocycles. The highest BCUT2D eigenvalue weighted by Crippen LogP contribution is 2.32. The summed E-state index contributed by atoms with van der Waals surface area (Å²) < 4.78 is 0. The SMILES string of the molecule is CCCN(CCCN)CC1CCCc2ccccc21. The van der Waals surface area contributed by atoms with Crippen LogP contribution in [0.2, 0.25) is 0 Å². The normalized spacial score (nSPS) is 18.6. The van der Waals surface area contributed by atoms with Gasteiger partial charge in [0.2, 0.25) is 0 Å². The Hall–Kier alpha value is -0.860. The van der Waals surface area contributed by atoms with Gasteiger partial charge in [0, 0.05) is 6.54 Å². The largest absolute Gasteiger partial charge is 0.330 e. The third-order valence-corrected chi connectivity index (χ3v) is 4.19. The summed E-state index contributed by atoms with van der Waals surface area (Å²) in [6.07, 6.45) is 6.31. The molecule has 2 N–H and O–H groups in total. The highest BCUT2D eigenvalue weighted by molar-refractivity contribution is 5.32. The van der Waals surface area contributed by atoms with Crippen molar-refractivity contribution in [1.82, 2.24) is 4.90 Å². The lowest BCUT2D eigenvalue weighted by molar-refractivity contribution is 0.246. The Bertz CT molecular complexity index is 375. The van der Waals surface area contributed by atoms with E-state index < -0.39 is 0 Å². The maximum atomic E-state index is 5.66. The molecule has 0 spiro atoms. The van der Waals surface area contributed by atoms with Crippen molar-refractivity contribution in [1.29, 1.82) is 0 Å². The monoisotopic (exact) mass is 260 g/mol. The van der Waals surface area contributed by atoms with Crippen LogP contribution >= 0.6 is 0 Å². The van der Waals surface area contributed by atoms with Crippen LogP contribution in [0.4, 0.5) is 0 Å². The summed E-state index contributed by atoms with van der Waals surface area (Å²) in [5.41, 5.74) is 8.83. The molecule has 2 nitrogen and oxygen atoms in total. The van der Waals surface area contributed by atoms with Crippen molar-refractivity contribution in [3.05, 3.63) is 35.4 Å². The van der Waals surface area contributed by atoms with Crippen molar-refractivity contribution in [2.75, 3.05) is 26.2 Å². The fourth-order valence-electron chi connectivity index (χ4n) is 3.28. The molecule has 0 amide bonds. The van der Waals surface area contributed by atoms with Crippen LogP contribution in [-0.4, -0.2) is 31.1 Å². The quantitative estimate of drug-likeness (QED) is 0.816. The van der Waals surface area contributed by atoms with Gasteiger partial charge < -0.3 is 10.6 Å². The summed E-state index contributed by atoms with van der Waals surface area (Å²) in [6, 6.07) is 9.03. The second-order valence-electron chi connectivity index (χ2n) is 5.73. The summed E-state index contributed by atoms with van der Waals surface area (Å²) in [5.74, 6) is 0.731. The lowest BCUT2D eigenvalue weighted by Crippen LogP contribution is -2.32. The molecule has 0 aromatic heterocycles. The lowest BCUT2D eigenvalue weighted by Gasteiger charge is -2.31. The van der Waals surface area contributed by atoms with Gasteiger partial charge in [0.1, 0.15) is 0 Å². The molecule has 0 heterocycles. The minimum atomic E-state index is 0.731. The molecule has 2 heteroatoms. The number of nitrogens with two attached hydrogens (primary N) is 1. The summed E-state index contributed by atoms with van der Waals surface area (Å²) in [6.45, 7) is 6.65. The van der Waals surface area contributed by atoms with E-state index in [1.807, 2.05) is 0 Å². The minimum Gasteiger partial charge on any atom is -0.330 e. The van der Waals surface area contributed by atoms with Crippen molar-refractivity contribution in [3.8, 4) is 0 Å². The van der Waals surface area contributed by atoms with Gasteiger partial charge in [-0.15, -0.1) is 0 Å². The maximum Gasteiger partial charge on any atom is 0.00504 e. The molecule has 106 valence electrons. The topological polar surface area (TPSA) is 29.3 Å². The molecule has 1 aliphatic rings. The highest BCUT2D eigenvalue weighted by Gasteiger charge is 2.21. The zero-order chi connectivity index (χ0) is 13.5. The van der Waals surface area contributed by atoms with E-state index in [-0.39, 0.29) is 0 Å². The first-order valence-corrected chi connectivity index (χ1v) is 7.85. The number of hydrogen-bond acceptors (Lipinski definition) is 2. The van der Waals surface area contributed by atoms with Crippen LogP contribution in [0, 0.1) is 0 Å². The first kappa shape index (κ1) is 14.5. The molecule has 1 unspecified atom stereocenters. The number of fused-ring (bicyclic) bond motifs is 1. The summed E-state index contributed by atoms with van der Waals surface area (Å²) in [4.78, 5) is 2.61. The smallest absolute Gasteiger partial charge is 0.00504 e. The van der Waals surface area contributed by atoms with Gasteiger partial charge in [-0.25, -0.2) is 0 Å². The lowest BCUT2D eigenvalue weighted by atomic mass is 9.82. The van der Waals surface area contributed by atoms with Gasteiger partial charge in [0.05, 0.1) is 0 Å². The fraction of sp³-hybridized carbons (Fsp3) is 0.647. The third kappa shape index (κ3) is 4.05. The number of aryl methyl sites for hydroxylation is 1. The number of rotatable bonds is 7. The summed E-state index contributed by atoms with van der Waals surface area (Å²) in [7, 11) is 0. The van der Waals surface area contributed by atoms with E-state index in [1.54, 1.807) is 11.1 Å². The predicted octanol–water partition coefficient (Wildman–Crippen LogP) is 3.17. The van der Waals surface area contributed by atoms with Crippen LogP contribution in [0.1, 0.15) is 49.7 Å². The molecule has 19 heavy (non-hydrogen) atoms. The number of hydrogen-bond donors (Lipinski definition) is 1. The Morgan fingerprint density at radius 3 is 2.89 bits per heavy atom. The number of nitrogens with zero attached hydrogens (tertiary/aromatic N) is 1. The molecule has 1 aromatic rings. The van der Waals surface area contributed by atoms with Gasteiger partial charge >= 0.3 is 0 Å². The van der Waals surface area contributed by atoms with Gasteiger partial charge in [0.15, 0.2) is 0 Å². The minimum absolute atomic E-state index is 0.731. The second-order valence-corrected chi connectivity index (χ2v) is 5.73. The summed E-state index contributed by atoms with van der Waals surface area (Å²) in [5, 5.41) is 0. The van der Waals surface area contributed by atoms with E-state index in [2.05, 4.69) is 36.1 Å². The van der Waals surface area contributed by atoms with E-state index in [0.717, 1.165) is 25.4 Å². The molecule has 1 aliphatic carbocycles. The third-order valence-electron chi connectivity index (χ3n) is 4.19. The van der Waals surface area contributed by atoms with Crippen LogP contribution in [0.5, 0.6) is 0 Å². The molecule has 0 radical (unpaired) electrons. The highest BCUT2D eigenvalue weighted by atomic mass is 15.1.